The lowest BCUT2D eigenvalue weighted by Crippen LogP contribution is -2.23. The van der Waals surface area contributed by atoms with Crippen LogP contribution in [0.5, 0.6) is 5.75 Å². The molecule has 1 aromatic rings. The van der Waals surface area contributed by atoms with E-state index < -0.39 is 5.97 Å². The molecule has 0 saturated carbocycles. The first-order valence-electron chi connectivity index (χ1n) is 4.89. The van der Waals surface area contributed by atoms with Crippen molar-refractivity contribution in [1.29, 1.82) is 0 Å². The van der Waals surface area contributed by atoms with E-state index in [2.05, 4.69) is 5.32 Å². The van der Waals surface area contributed by atoms with Crippen molar-refractivity contribution in [3.05, 3.63) is 29.8 Å². The summed E-state index contributed by atoms with van der Waals surface area (Å²) in [6.45, 7) is 0.697. The molecule has 0 aliphatic rings. The van der Waals surface area contributed by atoms with Crippen molar-refractivity contribution in [3.63, 3.8) is 0 Å². The van der Waals surface area contributed by atoms with Gasteiger partial charge < -0.3 is 15.5 Å². The molecule has 0 bridgehead atoms. The molecule has 0 fully saturated rings. The van der Waals surface area contributed by atoms with E-state index in [1.54, 1.807) is 12.1 Å². The molecular formula is C11H15NO3. The third kappa shape index (κ3) is 5.02. The van der Waals surface area contributed by atoms with E-state index >= 15 is 0 Å². The monoisotopic (exact) mass is 209 g/mol. The van der Waals surface area contributed by atoms with Crippen molar-refractivity contribution < 1.29 is 15.0 Å². The molecule has 0 spiro atoms. The largest absolute Gasteiger partial charge is 0.508 e. The minimum atomic E-state index is -0.834. The molecule has 1 rings (SSSR count). The van der Waals surface area contributed by atoms with Crippen molar-refractivity contribution in [2.75, 3.05) is 13.1 Å². The number of aromatic hydroxyl groups is 1. The maximum absolute atomic E-state index is 10.2. The summed E-state index contributed by atoms with van der Waals surface area (Å²) >= 11 is 0. The Morgan fingerprint density at radius 2 is 1.93 bits per heavy atom. The second-order valence-electron chi connectivity index (χ2n) is 3.34. The van der Waals surface area contributed by atoms with Gasteiger partial charge in [-0.05, 0) is 37.1 Å². The standard InChI is InChI=1S/C11H15NO3/c13-10-5-3-9(4-6-10)2-1-7-12-8-11(14)15/h3-6,12-13H,1-2,7-8H2,(H,14,15). The lowest BCUT2D eigenvalue weighted by atomic mass is 10.1. The molecule has 0 amide bonds. The third-order valence-electron chi connectivity index (χ3n) is 2.03. The van der Waals surface area contributed by atoms with Crippen LogP contribution in [0.15, 0.2) is 24.3 Å². The van der Waals surface area contributed by atoms with Crippen LogP contribution in [-0.2, 0) is 11.2 Å². The Kier molecular flexibility index (Phi) is 4.63. The van der Waals surface area contributed by atoms with Gasteiger partial charge in [0.05, 0.1) is 6.54 Å². The van der Waals surface area contributed by atoms with Gasteiger partial charge in [0.1, 0.15) is 5.75 Å². The fourth-order valence-corrected chi connectivity index (χ4v) is 1.28. The SMILES string of the molecule is O=C(O)CNCCCc1ccc(O)cc1. The zero-order valence-electron chi connectivity index (χ0n) is 8.44. The Morgan fingerprint density at radius 3 is 2.53 bits per heavy atom. The van der Waals surface area contributed by atoms with E-state index in [0.717, 1.165) is 18.4 Å². The van der Waals surface area contributed by atoms with E-state index in [-0.39, 0.29) is 12.3 Å². The molecule has 4 nitrogen and oxygen atoms in total. The molecule has 0 atom stereocenters. The zero-order chi connectivity index (χ0) is 11.1. The molecule has 4 heteroatoms. The number of aryl methyl sites for hydroxylation is 1. The van der Waals surface area contributed by atoms with Crippen LogP contribution in [-0.4, -0.2) is 29.3 Å². The third-order valence-corrected chi connectivity index (χ3v) is 2.03. The molecule has 0 aliphatic heterocycles. The number of carboxylic acids is 1. The lowest BCUT2D eigenvalue weighted by Gasteiger charge is -2.02. The summed E-state index contributed by atoms with van der Waals surface area (Å²) in [6, 6.07) is 7.04. The van der Waals surface area contributed by atoms with Gasteiger partial charge in [0.15, 0.2) is 0 Å². The average molecular weight is 209 g/mol. The fourth-order valence-electron chi connectivity index (χ4n) is 1.28. The van der Waals surface area contributed by atoms with Crippen LogP contribution in [0.4, 0.5) is 0 Å². The summed E-state index contributed by atoms with van der Waals surface area (Å²) in [5.74, 6) is -0.567. The first kappa shape index (κ1) is 11.5. The van der Waals surface area contributed by atoms with Gasteiger partial charge in [0.25, 0.3) is 0 Å². The summed E-state index contributed by atoms with van der Waals surface area (Å²) in [7, 11) is 0. The van der Waals surface area contributed by atoms with Crippen molar-refractivity contribution in [3.8, 4) is 5.75 Å². The number of hydrogen-bond acceptors (Lipinski definition) is 3. The van der Waals surface area contributed by atoms with Crippen molar-refractivity contribution >= 4 is 5.97 Å². The maximum Gasteiger partial charge on any atom is 0.317 e. The van der Waals surface area contributed by atoms with Crippen LogP contribution in [0.2, 0.25) is 0 Å². The van der Waals surface area contributed by atoms with E-state index in [4.69, 9.17) is 10.2 Å². The predicted molar refractivity (Wildman–Crippen MR) is 56.9 cm³/mol. The van der Waals surface area contributed by atoms with Gasteiger partial charge in [-0.25, -0.2) is 0 Å². The van der Waals surface area contributed by atoms with E-state index in [9.17, 15) is 4.79 Å². The fraction of sp³-hybridized carbons (Fsp3) is 0.364. The number of hydrogen-bond donors (Lipinski definition) is 3. The Balaban J connectivity index is 2.15. The lowest BCUT2D eigenvalue weighted by molar-refractivity contribution is -0.135. The van der Waals surface area contributed by atoms with Crippen LogP contribution in [0.3, 0.4) is 0 Å². The molecule has 0 saturated heterocycles. The molecule has 0 aliphatic carbocycles. The smallest absolute Gasteiger partial charge is 0.317 e. The highest BCUT2D eigenvalue weighted by atomic mass is 16.4. The summed E-state index contributed by atoms with van der Waals surface area (Å²) < 4.78 is 0. The summed E-state index contributed by atoms with van der Waals surface area (Å²) in [5, 5.41) is 20.2. The Labute approximate surface area is 88.6 Å². The molecule has 0 aromatic heterocycles. The first-order valence-corrected chi connectivity index (χ1v) is 4.89. The van der Waals surface area contributed by atoms with Crippen LogP contribution < -0.4 is 5.32 Å². The van der Waals surface area contributed by atoms with Crippen molar-refractivity contribution in [1.82, 2.24) is 5.32 Å². The first-order chi connectivity index (χ1) is 7.18. The van der Waals surface area contributed by atoms with Crippen LogP contribution in [0.1, 0.15) is 12.0 Å². The number of rotatable bonds is 6. The quantitative estimate of drug-likeness (QED) is 0.611. The van der Waals surface area contributed by atoms with Crippen molar-refractivity contribution in [2.24, 2.45) is 0 Å². The molecule has 82 valence electrons. The molecule has 15 heavy (non-hydrogen) atoms. The molecule has 3 N–H and O–H groups in total. The van der Waals surface area contributed by atoms with Gasteiger partial charge in [0.2, 0.25) is 0 Å². The van der Waals surface area contributed by atoms with Gasteiger partial charge in [0, 0.05) is 0 Å². The summed E-state index contributed by atoms with van der Waals surface area (Å²) in [4.78, 5) is 10.2. The average Bonchev–Trinajstić information content (AvgIpc) is 2.20. The normalized spacial score (nSPS) is 10.1. The number of phenolic OH excluding ortho intramolecular Hbond substituents is 1. The molecular weight excluding hydrogens is 194 g/mol. The van der Waals surface area contributed by atoms with E-state index in [1.165, 1.54) is 0 Å². The number of benzene rings is 1. The van der Waals surface area contributed by atoms with Gasteiger partial charge in [-0.2, -0.15) is 0 Å². The molecule has 1 aromatic carbocycles. The highest BCUT2D eigenvalue weighted by Gasteiger charge is 1.96. The number of phenols is 1. The molecule has 0 radical (unpaired) electrons. The number of aliphatic carboxylic acids is 1. The second-order valence-corrected chi connectivity index (χ2v) is 3.34. The minimum absolute atomic E-state index is 0.00950. The number of nitrogens with one attached hydrogen (secondary N) is 1. The Bertz CT molecular complexity index is 308. The van der Waals surface area contributed by atoms with Gasteiger partial charge in [-0.3, -0.25) is 4.79 Å². The Morgan fingerprint density at radius 1 is 1.27 bits per heavy atom. The summed E-state index contributed by atoms with van der Waals surface area (Å²) in [5.41, 5.74) is 1.14. The van der Waals surface area contributed by atoms with E-state index in [1.807, 2.05) is 12.1 Å². The highest BCUT2D eigenvalue weighted by molar-refractivity contribution is 5.68. The second kappa shape index (κ2) is 6.03. The highest BCUT2D eigenvalue weighted by Crippen LogP contribution is 2.10. The predicted octanol–water partition coefficient (Wildman–Crippen LogP) is 0.999. The van der Waals surface area contributed by atoms with Gasteiger partial charge in [-0.15, -0.1) is 0 Å². The maximum atomic E-state index is 10.2. The number of carbonyl (C=O) groups is 1. The number of carboxylic acid groups (broad SMARTS) is 1. The van der Waals surface area contributed by atoms with Crippen LogP contribution >= 0.6 is 0 Å². The van der Waals surface area contributed by atoms with Gasteiger partial charge >= 0.3 is 5.97 Å². The molecule has 0 heterocycles. The zero-order valence-corrected chi connectivity index (χ0v) is 8.44. The van der Waals surface area contributed by atoms with E-state index in [0.29, 0.717) is 6.54 Å². The topological polar surface area (TPSA) is 69.6 Å². The van der Waals surface area contributed by atoms with Crippen molar-refractivity contribution in [2.45, 2.75) is 12.8 Å². The summed E-state index contributed by atoms with van der Waals surface area (Å²) in [6.07, 6.45) is 1.77. The van der Waals surface area contributed by atoms with Gasteiger partial charge in [-0.1, -0.05) is 12.1 Å². The minimum Gasteiger partial charge on any atom is -0.508 e. The Hall–Kier alpha value is -1.55. The van der Waals surface area contributed by atoms with Crippen LogP contribution in [0, 0.1) is 0 Å². The molecule has 0 unspecified atom stereocenters. The van der Waals surface area contributed by atoms with Crippen LogP contribution in [0.25, 0.3) is 0 Å².